The molecule has 2 aromatic carbocycles. The molecule has 1 unspecified atom stereocenters. The van der Waals surface area contributed by atoms with Crippen molar-refractivity contribution in [2.75, 3.05) is 6.61 Å². The third-order valence-electron chi connectivity index (χ3n) is 8.92. The van der Waals surface area contributed by atoms with E-state index >= 15 is 0 Å². The third-order valence-corrected chi connectivity index (χ3v) is 8.92. The maximum Gasteiger partial charge on any atom is 0.123 e. The van der Waals surface area contributed by atoms with Crippen molar-refractivity contribution < 1.29 is 10.2 Å². The topological polar surface area (TPSA) is 40.5 Å². The molecule has 0 aliphatic rings. The third kappa shape index (κ3) is 6.65. The van der Waals surface area contributed by atoms with E-state index < -0.39 is 11.0 Å². The van der Waals surface area contributed by atoms with Gasteiger partial charge in [-0.15, -0.1) is 0 Å². The number of aliphatic hydroxyl groups is 2. The summed E-state index contributed by atoms with van der Waals surface area (Å²) < 4.78 is 0. The Balaban J connectivity index is 3.22. The smallest absolute Gasteiger partial charge is 0.123 e. The van der Waals surface area contributed by atoms with Crippen molar-refractivity contribution in [3.05, 3.63) is 69.8 Å². The fraction of sp³-hybridized carbons (Fsp3) is 0.676. The van der Waals surface area contributed by atoms with Gasteiger partial charge in [-0.3, -0.25) is 0 Å². The van der Waals surface area contributed by atoms with E-state index in [0.717, 1.165) is 41.5 Å². The molecule has 0 fully saturated rings. The van der Waals surface area contributed by atoms with E-state index in [1.54, 1.807) is 0 Å². The van der Waals surface area contributed by atoms with Crippen molar-refractivity contribution in [3.63, 3.8) is 0 Å². The fourth-order valence-corrected chi connectivity index (χ4v) is 6.04. The Bertz CT molecular complexity index is 1030. The minimum Gasteiger partial charge on any atom is -0.396 e. The first-order chi connectivity index (χ1) is 17.6. The van der Waals surface area contributed by atoms with Gasteiger partial charge in [-0.2, -0.15) is 0 Å². The van der Waals surface area contributed by atoms with Crippen LogP contribution in [0, 0.1) is 5.41 Å². The van der Waals surface area contributed by atoms with Crippen molar-refractivity contribution in [3.8, 4) is 0 Å². The quantitative estimate of drug-likeness (QED) is 0.352. The molecule has 2 heteroatoms. The molecule has 2 rings (SSSR count). The molecule has 0 heterocycles. The number of unbranched alkanes of at least 4 members (excludes halogenated alkanes) is 1. The molecular weight excluding hydrogens is 476 g/mol. The number of benzene rings is 2. The summed E-state index contributed by atoms with van der Waals surface area (Å²) in [5, 5.41) is 24.9. The maximum absolute atomic E-state index is 13.6. The van der Waals surface area contributed by atoms with Gasteiger partial charge in [-0.1, -0.05) is 146 Å². The summed E-state index contributed by atoms with van der Waals surface area (Å²) in [6.07, 6.45) is 3.39. The van der Waals surface area contributed by atoms with Crippen LogP contribution >= 0.6 is 0 Å². The predicted octanol–water partition coefficient (Wildman–Crippen LogP) is 9.69. The van der Waals surface area contributed by atoms with Crippen molar-refractivity contribution in [2.24, 2.45) is 5.41 Å². The molecule has 0 amide bonds. The first-order valence-electron chi connectivity index (χ1n) is 15.2. The number of hydrogen-bond acceptors (Lipinski definition) is 2. The summed E-state index contributed by atoms with van der Waals surface area (Å²) in [4.78, 5) is 0. The van der Waals surface area contributed by atoms with E-state index in [4.69, 9.17) is 0 Å². The standard InChI is InChI=1S/C37H60O2/c1-15-17-22-36(16-2,25-38)37(39,28-20-18-26(32(3,4)5)23-30(28)34(9,10)11)29-21-19-27(33(6,7)8)24-31(29)35(12,13)14/h18-21,23-24,38-39H,15-17,22,25H2,1-14H3. The van der Waals surface area contributed by atoms with Gasteiger partial charge in [0.1, 0.15) is 5.60 Å². The van der Waals surface area contributed by atoms with E-state index in [2.05, 4.69) is 133 Å². The SMILES string of the molecule is CCCCC(CC)(CO)C(O)(c1ccc(C(C)(C)C)cc1C(C)(C)C)c1ccc(C(C)(C)C)cc1C(C)(C)C. The summed E-state index contributed by atoms with van der Waals surface area (Å²) >= 11 is 0. The molecule has 0 saturated heterocycles. The molecule has 0 aliphatic carbocycles. The van der Waals surface area contributed by atoms with Gasteiger partial charge in [0.25, 0.3) is 0 Å². The van der Waals surface area contributed by atoms with Crippen molar-refractivity contribution >= 4 is 0 Å². The second kappa shape index (κ2) is 11.3. The van der Waals surface area contributed by atoms with Crippen molar-refractivity contribution in [1.82, 2.24) is 0 Å². The monoisotopic (exact) mass is 536 g/mol. The largest absolute Gasteiger partial charge is 0.396 e. The van der Waals surface area contributed by atoms with Crippen LogP contribution in [0.2, 0.25) is 0 Å². The molecule has 2 N–H and O–H groups in total. The second-order valence-electron chi connectivity index (χ2n) is 16.1. The second-order valence-corrected chi connectivity index (χ2v) is 16.1. The Kier molecular flexibility index (Phi) is 9.75. The lowest BCUT2D eigenvalue weighted by atomic mass is 9.57. The van der Waals surface area contributed by atoms with Crippen LogP contribution in [0.25, 0.3) is 0 Å². The highest BCUT2D eigenvalue weighted by molar-refractivity contribution is 5.53. The summed E-state index contributed by atoms with van der Waals surface area (Å²) in [6.45, 7) is 31.2. The van der Waals surface area contributed by atoms with Crippen LogP contribution < -0.4 is 0 Å². The van der Waals surface area contributed by atoms with E-state index in [1.807, 2.05) is 0 Å². The lowest BCUT2D eigenvalue weighted by molar-refractivity contribution is -0.0970. The molecule has 0 saturated carbocycles. The summed E-state index contributed by atoms with van der Waals surface area (Å²) in [5.74, 6) is 0. The molecule has 1 atom stereocenters. The van der Waals surface area contributed by atoms with E-state index in [0.29, 0.717) is 6.42 Å². The van der Waals surface area contributed by atoms with Gasteiger partial charge in [0, 0.05) is 5.41 Å². The molecule has 0 radical (unpaired) electrons. The van der Waals surface area contributed by atoms with Crippen LogP contribution in [0.5, 0.6) is 0 Å². The van der Waals surface area contributed by atoms with Crippen molar-refractivity contribution in [2.45, 2.75) is 150 Å². The van der Waals surface area contributed by atoms with Crippen LogP contribution in [-0.4, -0.2) is 16.8 Å². The molecule has 0 aromatic heterocycles. The Labute approximate surface area is 241 Å². The molecule has 0 bridgehead atoms. The average Bonchev–Trinajstić information content (AvgIpc) is 2.81. The van der Waals surface area contributed by atoms with E-state index in [-0.39, 0.29) is 28.3 Å². The Morgan fingerprint density at radius 1 is 0.564 bits per heavy atom. The highest BCUT2D eigenvalue weighted by Crippen LogP contribution is 2.55. The minimum atomic E-state index is -1.37. The molecule has 2 aromatic rings. The van der Waals surface area contributed by atoms with Crippen LogP contribution in [0.3, 0.4) is 0 Å². The molecule has 2 nitrogen and oxygen atoms in total. The van der Waals surface area contributed by atoms with Gasteiger partial charge in [-0.05, 0) is 67.9 Å². The number of rotatable bonds is 8. The number of aliphatic hydroxyl groups excluding tert-OH is 1. The maximum atomic E-state index is 13.6. The van der Waals surface area contributed by atoms with Crippen LogP contribution in [0.4, 0.5) is 0 Å². The van der Waals surface area contributed by atoms with Gasteiger partial charge in [-0.25, -0.2) is 0 Å². The predicted molar refractivity (Wildman–Crippen MR) is 170 cm³/mol. The molecule has 0 spiro atoms. The van der Waals surface area contributed by atoms with Crippen LogP contribution in [-0.2, 0) is 27.3 Å². The van der Waals surface area contributed by atoms with Gasteiger partial charge >= 0.3 is 0 Å². The van der Waals surface area contributed by atoms with Crippen LogP contribution in [0.15, 0.2) is 36.4 Å². The first kappa shape index (κ1) is 33.6. The zero-order valence-corrected chi connectivity index (χ0v) is 27.9. The molecular formula is C37H60O2. The zero-order chi connectivity index (χ0) is 30.2. The van der Waals surface area contributed by atoms with Crippen LogP contribution in [0.1, 0.15) is 156 Å². The Morgan fingerprint density at radius 2 is 0.949 bits per heavy atom. The van der Waals surface area contributed by atoms with E-state index in [1.165, 1.54) is 11.1 Å². The normalized spacial score (nSPS) is 15.4. The molecule has 0 aliphatic heterocycles. The Hall–Kier alpha value is -1.64. The summed E-state index contributed by atoms with van der Waals surface area (Å²) in [7, 11) is 0. The Morgan fingerprint density at radius 3 is 1.21 bits per heavy atom. The van der Waals surface area contributed by atoms with Gasteiger partial charge in [0.2, 0.25) is 0 Å². The highest BCUT2D eigenvalue weighted by atomic mass is 16.3. The van der Waals surface area contributed by atoms with Gasteiger partial charge in [0.15, 0.2) is 0 Å². The lowest BCUT2D eigenvalue weighted by Gasteiger charge is -2.50. The van der Waals surface area contributed by atoms with Gasteiger partial charge in [0.05, 0.1) is 6.61 Å². The summed E-state index contributed by atoms with van der Waals surface area (Å²) in [5.41, 5.74) is 4.18. The van der Waals surface area contributed by atoms with Crippen molar-refractivity contribution in [1.29, 1.82) is 0 Å². The van der Waals surface area contributed by atoms with E-state index in [9.17, 15) is 10.2 Å². The zero-order valence-electron chi connectivity index (χ0n) is 27.9. The minimum absolute atomic E-state index is 0.0113. The van der Waals surface area contributed by atoms with Gasteiger partial charge < -0.3 is 10.2 Å². The lowest BCUT2D eigenvalue weighted by Crippen LogP contribution is -2.51. The first-order valence-corrected chi connectivity index (χ1v) is 15.2. The summed E-state index contributed by atoms with van der Waals surface area (Å²) in [6, 6.07) is 13.4. The highest BCUT2D eigenvalue weighted by Gasteiger charge is 2.54. The fourth-order valence-electron chi connectivity index (χ4n) is 6.04. The molecule has 39 heavy (non-hydrogen) atoms. The molecule has 220 valence electrons. The number of hydrogen-bond donors (Lipinski definition) is 2. The average molecular weight is 537 g/mol.